The lowest BCUT2D eigenvalue weighted by atomic mass is 9.81. The first-order chi connectivity index (χ1) is 7.20. The Morgan fingerprint density at radius 1 is 1.13 bits per heavy atom. The maximum Gasteiger partial charge on any atom is 0.292 e. The molecule has 2 aliphatic rings. The van der Waals surface area contributed by atoms with Crippen molar-refractivity contribution in [2.75, 3.05) is 7.11 Å². The van der Waals surface area contributed by atoms with Gasteiger partial charge in [0.2, 0.25) is 0 Å². The highest BCUT2D eigenvalue weighted by Gasteiger charge is 2.41. The second kappa shape index (κ2) is 5.63. The smallest absolute Gasteiger partial charge is 0.292 e. The third-order valence-corrected chi connectivity index (χ3v) is 3.04. The van der Waals surface area contributed by atoms with Gasteiger partial charge in [0.05, 0.1) is 13.5 Å². The van der Waals surface area contributed by atoms with Crippen molar-refractivity contribution in [3.8, 4) is 0 Å². The van der Waals surface area contributed by atoms with E-state index in [0.29, 0.717) is 6.47 Å². The molecular weight excluding hydrogens is 196 g/mol. The van der Waals surface area contributed by atoms with E-state index in [1.165, 1.54) is 7.11 Å². The molecule has 0 aromatic rings. The quantitative estimate of drug-likeness (QED) is 0.483. The number of Topliss-reactive ketones (excluding diaryl/α,β-unsaturated/α-hetero) is 2. The van der Waals surface area contributed by atoms with Crippen molar-refractivity contribution in [1.82, 2.24) is 0 Å². The number of rotatable bonds is 1. The summed E-state index contributed by atoms with van der Waals surface area (Å²) < 4.78 is 3.86. The van der Waals surface area contributed by atoms with Gasteiger partial charge in [0.1, 0.15) is 11.6 Å². The molecule has 4 heteroatoms. The molecule has 0 aromatic heterocycles. The van der Waals surface area contributed by atoms with Crippen LogP contribution < -0.4 is 0 Å². The Hall–Kier alpha value is -1.19. The van der Waals surface area contributed by atoms with Crippen LogP contribution >= 0.6 is 0 Å². The van der Waals surface area contributed by atoms with Gasteiger partial charge in [-0.05, 0) is 12.8 Å². The molecule has 0 N–H and O–H groups in total. The molecule has 0 spiro atoms. The van der Waals surface area contributed by atoms with Gasteiger partial charge in [0, 0.05) is 11.8 Å². The normalized spacial score (nSPS) is 28.9. The summed E-state index contributed by atoms with van der Waals surface area (Å²) in [6.07, 6.45) is 4.44. The summed E-state index contributed by atoms with van der Waals surface area (Å²) in [7, 11) is 1.31. The van der Waals surface area contributed by atoms with Crippen LogP contribution in [0.3, 0.4) is 0 Å². The summed E-state index contributed by atoms with van der Waals surface area (Å²) in [4.78, 5) is 31.3. The minimum atomic E-state index is 0.122. The van der Waals surface area contributed by atoms with E-state index in [9.17, 15) is 9.59 Å². The third-order valence-electron chi connectivity index (χ3n) is 3.04. The molecule has 0 saturated heterocycles. The number of carbonyl (C=O) groups excluding carboxylic acids is 3. The minimum absolute atomic E-state index is 0.122. The molecule has 0 aliphatic heterocycles. The summed E-state index contributed by atoms with van der Waals surface area (Å²) in [6, 6.07) is 0. The molecule has 4 nitrogen and oxygen atoms in total. The molecule has 2 unspecified atom stereocenters. The predicted octanol–water partition coefficient (Wildman–Crippen LogP) is 1.12. The predicted molar refractivity (Wildman–Crippen MR) is 53.2 cm³/mol. The van der Waals surface area contributed by atoms with Gasteiger partial charge < -0.3 is 4.74 Å². The number of hydrogen-bond acceptors (Lipinski definition) is 4. The SMILES string of the molecule is COC=O.O=C1CC(=O)C2CCCCC12. The van der Waals surface area contributed by atoms with Crippen LogP contribution in [0, 0.1) is 11.8 Å². The van der Waals surface area contributed by atoms with Crippen molar-refractivity contribution in [3.63, 3.8) is 0 Å². The largest absolute Gasteiger partial charge is 0.471 e. The minimum Gasteiger partial charge on any atom is -0.471 e. The van der Waals surface area contributed by atoms with E-state index < -0.39 is 0 Å². The van der Waals surface area contributed by atoms with Crippen molar-refractivity contribution in [2.24, 2.45) is 11.8 Å². The summed E-state index contributed by atoms with van der Waals surface area (Å²) in [6.45, 7) is 0.375. The van der Waals surface area contributed by atoms with Crippen LogP contribution in [-0.2, 0) is 19.1 Å². The lowest BCUT2D eigenvalue weighted by Crippen LogP contribution is -2.21. The fourth-order valence-corrected chi connectivity index (χ4v) is 2.34. The second-order valence-electron chi connectivity index (χ2n) is 3.94. The zero-order valence-electron chi connectivity index (χ0n) is 8.90. The zero-order chi connectivity index (χ0) is 11.3. The average molecular weight is 212 g/mol. The standard InChI is InChI=1S/C9H12O2.C2H4O2/c10-8-5-9(11)7-4-2-1-3-6(7)8;1-4-2-3/h6-7H,1-5H2;2H,1H3. The Bertz CT molecular complexity index is 237. The highest BCUT2D eigenvalue weighted by atomic mass is 16.5. The monoisotopic (exact) mass is 212 g/mol. The van der Waals surface area contributed by atoms with Gasteiger partial charge in [0.25, 0.3) is 6.47 Å². The molecule has 2 rings (SSSR count). The van der Waals surface area contributed by atoms with Gasteiger partial charge in [-0.3, -0.25) is 14.4 Å². The van der Waals surface area contributed by atoms with Crippen molar-refractivity contribution in [2.45, 2.75) is 32.1 Å². The van der Waals surface area contributed by atoms with Gasteiger partial charge in [-0.2, -0.15) is 0 Å². The number of ketones is 2. The van der Waals surface area contributed by atoms with Crippen molar-refractivity contribution >= 4 is 18.0 Å². The molecule has 0 heterocycles. The number of ether oxygens (including phenoxy) is 1. The summed E-state index contributed by atoms with van der Waals surface area (Å²) in [5, 5.41) is 0. The van der Waals surface area contributed by atoms with Crippen LogP contribution in [0.25, 0.3) is 0 Å². The summed E-state index contributed by atoms with van der Waals surface area (Å²) in [5.74, 6) is 0.659. The lowest BCUT2D eigenvalue weighted by molar-refractivity contribution is -0.126. The molecule has 2 saturated carbocycles. The van der Waals surface area contributed by atoms with E-state index in [1.807, 2.05) is 0 Å². The molecule has 84 valence electrons. The van der Waals surface area contributed by atoms with E-state index in [4.69, 9.17) is 4.79 Å². The summed E-state index contributed by atoms with van der Waals surface area (Å²) in [5.41, 5.74) is 0. The van der Waals surface area contributed by atoms with Crippen LogP contribution in [0.2, 0.25) is 0 Å². The molecule has 0 radical (unpaired) electrons. The Morgan fingerprint density at radius 2 is 1.53 bits per heavy atom. The zero-order valence-corrected chi connectivity index (χ0v) is 8.90. The van der Waals surface area contributed by atoms with Crippen LogP contribution in [0.1, 0.15) is 32.1 Å². The number of carbonyl (C=O) groups is 3. The molecule has 0 amide bonds. The molecular formula is C11H16O4. The Balaban J connectivity index is 0.000000245. The van der Waals surface area contributed by atoms with E-state index in [1.54, 1.807) is 0 Å². The highest BCUT2D eigenvalue weighted by molar-refractivity contribution is 6.08. The summed E-state index contributed by atoms with van der Waals surface area (Å²) >= 11 is 0. The van der Waals surface area contributed by atoms with Crippen molar-refractivity contribution in [3.05, 3.63) is 0 Å². The molecule has 15 heavy (non-hydrogen) atoms. The van der Waals surface area contributed by atoms with E-state index in [0.717, 1.165) is 25.7 Å². The Morgan fingerprint density at radius 3 is 1.87 bits per heavy atom. The maximum absolute atomic E-state index is 11.2. The topological polar surface area (TPSA) is 60.4 Å². The number of methoxy groups -OCH3 is 1. The lowest BCUT2D eigenvalue weighted by Gasteiger charge is -2.21. The first kappa shape index (κ1) is 11.9. The number of hydrogen-bond donors (Lipinski definition) is 0. The van der Waals surface area contributed by atoms with Gasteiger partial charge in [-0.1, -0.05) is 12.8 Å². The molecule has 2 fully saturated rings. The third kappa shape index (κ3) is 2.88. The van der Waals surface area contributed by atoms with Crippen LogP contribution in [0.5, 0.6) is 0 Å². The van der Waals surface area contributed by atoms with Crippen LogP contribution in [0.4, 0.5) is 0 Å². The van der Waals surface area contributed by atoms with Gasteiger partial charge in [0.15, 0.2) is 0 Å². The highest BCUT2D eigenvalue weighted by Crippen LogP contribution is 2.37. The molecule has 0 bridgehead atoms. The Labute approximate surface area is 89.0 Å². The fourth-order valence-electron chi connectivity index (χ4n) is 2.34. The molecule has 2 atom stereocenters. The Kier molecular flexibility index (Phi) is 4.46. The molecule has 0 aromatic carbocycles. The van der Waals surface area contributed by atoms with E-state index >= 15 is 0 Å². The first-order valence-electron chi connectivity index (χ1n) is 5.22. The van der Waals surface area contributed by atoms with Crippen LogP contribution in [0.15, 0.2) is 0 Å². The van der Waals surface area contributed by atoms with Crippen LogP contribution in [-0.4, -0.2) is 25.1 Å². The number of fused-ring (bicyclic) bond motifs is 1. The van der Waals surface area contributed by atoms with Gasteiger partial charge >= 0.3 is 0 Å². The molecule has 2 aliphatic carbocycles. The van der Waals surface area contributed by atoms with E-state index in [-0.39, 0.29) is 29.8 Å². The fraction of sp³-hybridized carbons (Fsp3) is 0.727. The van der Waals surface area contributed by atoms with Gasteiger partial charge in [-0.15, -0.1) is 0 Å². The van der Waals surface area contributed by atoms with E-state index in [2.05, 4.69) is 4.74 Å². The second-order valence-corrected chi connectivity index (χ2v) is 3.94. The van der Waals surface area contributed by atoms with Crippen molar-refractivity contribution in [1.29, 1.82) is 0 Å². The van der Waals surface area contributed by atoms with Gasteiger partial charge in [-0.25, -0.2) is 0 Å². The van der Waals surface area contributed by atoms with Crippen molar-refractivity contribution < 1.29 is 19.1 Å². The maximum atomic E-state index is 11.2. The first-order valence-corrected chi connectivity index (χ1v) is 5.22. The average Bonchev–Trinajstić information content (AvgIpc) is 2.56.